The Morgan fingerprint density at radius 3 is 2.48 bits per heavy atom. The van der Waals surface area contributed by atoms with Crippen LogP contribution in [0.2, 0.25) is 5.02 Å². The van der Waals surface area contributed by atoms with Crippen molar-refractivity contribution >= 4 is 23.1 Å². The van der Waals surface area contributed by atoms with Gasteiger partial charge in [0, 0.05) is 22.3 Å². The number of fused-ring (bicyclic) bond motifs is 1. The summed E-state index contributed by atoms with van der Waals surface area (Å²) in [4.78, 5) is 8.99. The van der Waals surface area contributed by atoms with E-state index in [1.807, 2.05) is 28.8 Å². The number of hydrogen-bond donors (Lipinski definition) is 1. The number of hydrogen-bond acceptors (Lipinski definition) is 3. The fourth-order valence-corrected chi connectivity index (χ4v) is 4.19. The summed E-state index contributed by atoms with van der Waals surface area (Å²) in [6.07, 6.45) is 1.25. The van der Waals surface area contributed by atoms with Crippen LogP contribution in [0.5, 0.6) is 0 Å². The van der Waals surface area contributed by atoms with Gasteiger partial charge in [0.2, 0.25) is 0 Å². The first kappa shape index (κ1) is 18.3. The van der Waals surface area contributed by atoms with E-state index in [1.54, 1.807) is 4.90 Å². The van der Waals surface area contributed by atoms with Crippen LogP contribution in [0.1, 0.15) is 24.7 Å². The van der Waals surface area contributed by atoms with Gasteiger partial charge in [-0.05, 0) is 38.0 Å². The van der Waals surface area contributed by atoms with Crippen LogP contribution in [0, 0.1) is 13.8 Å². The second-order valence-corrected chi connectivity index (χ2v) is 7.88. The van der Waals surface area contributed by atoms with Crippen LogP contribution in [-0.2, 0) is 0 Å². The zero-order chi connectivity index (χ0) is 19.0. The Morgan fingerprint density at radius 1 is 1.11 bits per heavy atom. The highest BCUT2D eigenvalue weighted by Crippen LogP contribution is 2.31. The van der Waals surface area contributed by atoms with Crippen LogP contribution in [0.3, 0.4) is 0 Å². The summed E-state index contributed by atoms with van der Waals surface area (Å²) in [7, 11) is 0. The van der Waals surface area contributed by atoms with Crippen LogP contribution in [0.25, 0.3) is 16.8 Å². The van der Waals surface area contributed by atoms with Gasteiger partial charge in [-0.2, -0.15) is 9.61 Å². The van der Waals surface area contributed by atoms with E-state index in [4.69, 9.17) is 21.7 Å². The van der Waals surface area contributed by atoms with Gasteiger partial charge < -0.3 is 9.80 Å². The summed E-state index contributed by atoms with van der Waals surface area (Å²) < 4.78 is 2.02. The van der Waals surface area contributed by atoms with E-state index in [0.29, 0.717) is 0 Å². The lowest BCUT2D eigenvalue weighted by Crippen LogP contribution is -3.14. The molecular weight excluding hydrogens is 358 g/mol. The molecule has 3 heterocycles. The van der Waals surface area contributed by atoms with Gasteiger partial charge in [0.25, 0.3) is 0 Å². The maximum atomic E-state index is 6.07. The zero-order valence-electron chi connectivity index (χ0n) is 16.3. The Labute approximate surface area is 165 Å². The number of aryl methyl sites for hydroxylation is 2. The summed E-state index contributed by atoms with van der Waals surface area (Å²) in [5, 5.41) is 5.60. The van der Waals surface area contributed by atoms with Crippen molar-refractivity contribution < 1.29 is 4.90 Å². The SMILES string of the molecule is CCC[NH+]1CCN(c2cc(C)nc3c(-c4ccc(Cl)cc4)c(C)nn23)CC1. The highest BCUT2D eigenvalue weighted by Gasteiger charge is 2.24. The van der Waals surface area contributed by atoms with Gasteiger partial charge in [-0.25, -0.2) is 4.98 Å². The highest BCUT2D eigenvalue weighted by atomic mass is 35.5. The molecule has 0 atom stereocenters. The molecule has 27 heavy (non-hydrogen) atoms. The Hall–Kier alpha value is -2.11. The van der Waals surface area contributed by atoms with Gasteiger partial charge in [-0.3, -0.25) is 0 Å². The molecule has 0 radical (unpaired) electrons. The number of piperazine rings is 1. The minimum atomic E-state index is 0.741. The maximum absolute atomic E-state index is 6.07. The third-order valence-corrected chi connectivity index (χ3v) is 5.66. The van der Waals surface area contributed by atoms with E-state index in [9.17, 15) is 0 Å². The van der Waals surface area contributed by atoms with Crippen molar-refractivity contribution in [3.05, 3.63) is 46.7 Å². The number of aromatic nitrogens is 3. The van der Waals surface area contributed by atoms with Crippen LogP contribution in [-0.4, -0.2) is 47.3 Å². The molecule has 0 unspecified atom stereocenters. The van der Waals surface area contributed by atoms with Gasteiger partial charge in [0.15, 0.2) is 5.65 Å². The highest BCUT2D eigenvalue weighted by molar-refractivity contribution is 6.30. The Kier molecular flexibility index (Phi) is 5.06. The van der Waals surface area contributed by atoms with Crippen molar-refractivity contribution in [2.24, 2.45) is 0 Å². The Balaban J connectivity index is 1.75. The van der Waals surface area contributed by atoms with Crippen molar-refractivity contribution in [2.75, 3.05) is 37.6 Å². The maximum Gasteiger partial charge on any atom is 0.165 e. The average Bonchev–Trinajstić information content (AvgIpc) is 2.98. The molecule has 4 rings (SSSR count). The molecule has 1 N–H and O–H groups in total. The van der Waals surface area contributed by atoms with Gasteiger partial charge >= 0.3 is 0 Å². The van der Waals surface area contributed by atoms with Gasteiger partial charge in [-0.15, -0.1) is 0 Å². The van der Waals surface area contributed by atoms with Gasteiger partial charge in [0.05, 0.1) is 38.4 Å². The Bertz CT molecular complexity index is 939. The zero-order valence-corrected chi connectivity index (χ0v) is 17.1. The van der Waals surface area contributed by atoms with Crippen LogP contribution >= 0.6 is 11.6 Å². The Morgan fingerprint density at radius 2 is 1.81 bits per heavy atom. The lowest BCUT2D eigenvalue weighted by molar-refractivity contribution is -0.900. The molecule has 2 aromatic heterocycles. The quantitative estimate of drug-likeness (QED) is 0.751. The lowest BCUT2D eigenvalue weighted by Gasteiger charge is -2.33. The molecule has 0 spiro atoms. The standard InChI is InChI=1S/C21H26ClN5/c1-4-9-25-10-12-26(13-11-25)19-14-15(2)23-21-20(16(3)24-27(19)21)17-5-7-18(22)8-6-17/h5-8,14H,4,9-13H2,1-3H3/p+1. The van der Waals surface area contributed by atoms with Gasteiger partial charge in [-0.1, -0.05) is 30.7 Å². The fraction of sp³-hybridized carbons (Fsp3) is 0.429. The summed E-state index contributed by atoms with van der Waals surface area (Å²) in [6, 6.07) is 10.1. The monoisotopic (exact) mass is 384 g/mol. The summed E-state index contributed by atoms with van der Waals surface area (Å²) in [6.45, 7) is 12.1. The van der Waals surface area contributed by atoms with E-state index < -0.39 is 0 Å². The van der Waals surface area contributed by atoms with Gasteiger partial charge in [0.1, 0.15) is 5.82 Å². The molecule has 0 saturated carbocycles. The van der Waals surface area contributed by atoms with E-state index in [1.165, 1.54) is 26.1 Å². The molecule has 6 heteroatoms. The largest absolute Gasteiger partial charge is 0.345 e. The number of nitrogens with zero attached hydrogens (tertiary/aromatic N) is 4. The molecule has 0 amide bonds. The van der Waals surface area contributed by atoms with E-state index >= 15 is 0 Å². The fourth-order valence-electron chi connectivity index (χ4n) is 4.06. The normalized spacial score (nSPS) is 15.6. The first-order valence-electron chi connectivity index (χ1n) is 9.78. The molecule has 0 bridgehead atoms. The van der Waals surface area contributed by atoms with E-state index in [0.717, 1.165) is 52.1 Å². The predicted octanol–water partition coefficient (Wildman–Crippen LogP) is 2.78. The summed E-state index contributed by atoms with van der Waals surface area (Å²) >= 11 is 6.07. The van der Waals surface area contributed by atoms with E-state index in [2.05, 4.69) is 31.7 Å². The minimum absolute atomic E-state index is 0.741. The first-order valence-corrected chi connectivity index (χ1v) is 10.2. The number of rotatable bonds is 4. The smallest absolute Gasteiger partial charge is 0.165 e. The molecule has 1 fully saturated rings. The summed E-state index contributed by atoms with van der Waals surface area (Å²) in [5.74, 6) is 1.15. The van der Waals surface area contributed by atoms with Crippen LogP contribution < -0.4 is 9.80 Å². The van der Waals surface area contributed by atoms with Crippen molar-refractivity contribution in [1.29, 1.82) is 0 Å². The number of benzene rings is 1. The van der Waals surface area contributed by atoms with Crippen molar-refractivity contribution in [3.8, 4) is 11.1 Å². The second-order valence-electron chi connectivity index (χ2n) is 7.45. The number of halogens is 1. The second kappa shape index (κ2) is 7.49. The molecule has 1 aliphatic heterocycles. The predicted molar refractivity (Wildman–Crippen MR) is 111 cm³/mol. The number of quaternary nitrogens is 1. The molecule has 0 aliphatic carbocycles. The van der Waals surface area contributed by atoms with Crippen LogP contribution in [0.15, 0.2) is 30.3 Å². The first-order chi connectivity index (χ1) is 13.1. The molecule has 1 aromatic carbocycles. The third-order valence-electron chi connectivity index (χ3n) is 5.40. The van der Waals surface area contributed by atoms with Crippen molar-refractivity contribution in [3.63, 3.8) is 0 Å². The van der Waals surface area contributed by atoms with E-state index in [-0.39, 0.29) is 0 Å². The third kappa shape index (κ3) is 3.54. The molecule has 3 aromatic rings. The molecular formula is C21H27ClN5+. The summed E-state index contributed by atoms with van der Waals surface area (Å²) in [5.41, 5.74) is 5.14. The molecule has 1 aliphatic rings. The number of anilines is 1. The van der Waals surface area contributed by atoms with Crippen molar-refractivity contribution in [2.45, 2.75) is 27.2 Å². The molecule has 5 nitrogen and oxygen atoms in total. The molecule has 142 valence electrons. The number of nitrogens with one attached hydrogen (secondary N) is 1. The minimum Gasteiger partial charge on any atom is -0.345 e. The van der Waals surface area contributed by atoms with Crippen molar-refractivity contribution in [1.82, 2.24) is 14.6 Å². The lowest BCUT2D eigenvalue weighted by atomic mass is 10.1. The molecule has 1 saturated heterocycles. The average molecular weight is 385 g/mol. The van der Waals surface area contributed by atoms with Crippen LogP contribution in [0.4, 0.5) is 5.82 Å². The topological polar surface area (TPSA) is 37.9 Å².